The maximum atomic E-state index is 9.49. The van der Waals surface area contributed by atoms with Gasteiger partial charge in [0.05, 0.1) is 16.7 Å². The number of piperidine rings is 1. The van der Waals surface area contributed by atoms with Gasteiger partial charge >= 0.3 is 0 Å². The van der Waals surface area contributed by atoms with Crippen molar-refractivity contribution in [2.75, 3.05) is 37.6 Å². The maximum Gasteiger partial charge on any atom is 0.147 e. The van der Waals surface area contributed by atoms with Crippen molar-refractivity contribution in [1.29, 1.82) is 5.26 Å². The lowest BCUT2D eigenvalue weighted by atomic mass is 9.96. The number of anilines is 1. The van der Waals surface area contributed by atoms with Crippen LogP contribution < -0.4 is 4.90 Å². The number of nitrogens with zero attached hydrogens (tertiary/aromatic N) is 6. The van der Waals surface area contributed by atoms with Crippen LogP contribution in [-0.2, 0) is 6.54 Å². The van der Waals surface area contributed by atoms with Crippen LogP contribution in [-0.4, -0.2) is 69.6 Å². The number of piperazine rings is 1. The van der Waals surface area contributed by atoms with Crippen molar-refractivity contribution in [2.45, 2.75) is 51.2 Å². The van der Waals surface area contributed by atoms with E-state index in [1.807, 2.05) is 24.4 Å². The average molecular weight is 539 g/mol. The third kappa shape index (κ3) is 5.94. The molecule has 0 radical (unpaired) electrons. The second-order valence-corrected chi connectivity index (χ2v) is 10.9. The van der Waals surface area contributed by atoms with Gasteiger partial charge < -0.3 is 9.88 Å². The van der Waals surface area contributed by atoms with Crippen molar-refractivity contribution in [3.05, 3.63) is 64.0 Å². The fourth-order valence-corrected chi connectivity index (χ4v) is 6.25. The predicted molar refractivity (Wildman–Crippen MR) is 149 cm³/mol. The molecule has 0 aliphatic carbocycles. The Labute approximate surface area is 229 Å². The van der Waals surface area contributed by atoms with Crippen LogP contribution in [0.2, 0.25) is 10.0 Å². The van der Waals surface area contributed by atoms with E-state index < -0.39 is 0 Å². The van der Waals surface area contributed by atoms with Gasteiger partial charge in [0.25, 0.3) is 0 Å². The van der Waals surface area contributed by atoms with Gasteiger partial charge in [-0.25, -0.2) is 9.97 Å². The summed E-state index contributed by atoms with van der Waals surface area (Å²) in [6.07, 6.45) is 10.00. The van der Waals surface area contributed by atoms with Crippen LogP contribution in [0, 0.1) is 11.3 Å². The second-order valence-electron chi connectivity index (χ2n) is 10.0. The summed E-state index contributed by atoms with van der Waals surface area (Å²) in [5, 5.41) is 10.8. The Balaban J connectivity index is 1.21. The number of hydrogen-bond donors (Lipinski definition) is 1. The highest BCUT2D eigenvalue weighted by molar-refractivity contribution is 6.33. The molecule has 5 rings (SSSR count). The Morgan fingerprint density at radius 3 is 2.65 bits per heavy atom. The molecule has 7 nitrogen and oxygen atoms in total. The van der Waals surface area contributed by atoms with Gasteiger partial charge in [-0.05, 0) is 56.1 Å². The lowest BCUT2D eigenvalue weighted by molar-refractivity contribution is 0.0589. The maximum absolute atomic E-state index is 9.49. The summed E-state index contributed by atoms with van der Waals surface area (Å²) in [7, 11) is 0. The van der Waals surface area contributed by atoms with Gasteiger partial charge in [0.1, 0.15) is 11.6 Å². The molecule has 9 heteroatoms. The smallest absolute Gasteiger partial charge is 0.147 e. The molecule has 0 bridgehead atoms. The lowest BCUT2D eigenvalue weighted by Gasteiger charge is -2.48. The monoisotopic (exact) mass is 537 g/mol. The van der Waals surface area contributed by atoms with E-state index in [0.717, 1.165) is 87.7 Å². The summed E-state index contributed by atoms with van der Waals surface area (Å²) in [6, 6.07) is 11.0. The highest BCUT2D eigenvalue weighted by Gasteiger charge is 2.34. The van der Waals surface area contributed by atoms with Crippen molar-refractivity contribution in [3.63, 3.8) is 0 Å². The minimum atomic E-state index is 0.486. The predicted octanol–water partition coefficient (Wildman–Crippen LogP) is 5.61. The highest BCUT2D eigenvalue weighted by Crippen LogP contribution is 2.32. The average Bonchev–Trinajstić information content (AvgIpc) is 3.46. The molecule has 4 heterocycles. The van der Waals surface area contributed by atoms with Crippen molar-refractivity contribution >= 4 is 29.0 Å². The van der Waals surface area contributed by atoms with E-state index in [9.17, 15) is 5.26 Å². The molecule has 2 saturated heterocycles. The molecule has 0 amide bonds. The first-order valence-corrected chi connectivity index (χ1v) is 13.9. The largest absolute Gasteiger partial charge is 0.353 e. The fraction of sp³-hybridized carbons (Fsp3) is 0.464. The first-order chi connectivity index (χ1) is 18.1. The molecule has 1 atom stereocenters. The molecule has 0 saturated carbocycles. The van der Waals surface area contributed by atoms with Gasteiger partial charge in [0.2, 0.25) is 0 Å². The van der Waals surface area contributed by atoms with E-state index in [2.05, 4.69) is 37.7 Å². The molecule has 194 valence electrons. The van der Waals surface area contributed by atoms with Crippen LogP contribution in [0.4, 0.5) is 5.82 Å². The molecular weight excluding hydrogens is 505 g/mol. The molecule has 2 aromatic heterocycles. The highest BCUT2D eigenvalue weighted by atomic mass is 35.5. The lowest BCUT2D eigenvalue weighted by Crippen LogP contribution is -2.58. The van der Waals surface area contributed by atoms with Crippen LogP contribution in [0.5, 0.6) is 0 Å². The fourth-order valence-electron chi connectivity index (χ4n) is 5.79. The quantitative estimate of drug-likeness (QED) is 0.422. The van der Waals surface area contributed by atoms with Gasteiger partial charge in [0, 0.05) is 67.4 Å². The summed E-state index contributed by atoms with van der Waals surface area (Å²) >= 11 is 12.8. The molecule has 37 heavy (non-hydrogen) atoms. The van der Waals surface area contributed by atoms with Gasteiger partial charge in [-0.2, -0.15) is 5.26 Å². The third-order valence-electron chi connectivity index (χ3n) is 7.66. The number of aromatic nitrogens is 3. The number of aromatic amines is 1. The van der Waals surface area contributed by atoms with E-state index in [1.54, 1.807) is 18.5 Å². The van der Waals surface area contributed by atoms with Crippen molar-refractivity contribution in [3.8, 4) is 17.5 Å². The van der Waals surface area contributed by atoms with Gasteiger partial charge in [-0.1, -0.05) is 42.6 Å². The standard InChI is InChI=1S/C28H33Cl2N7/c1-2-3-25-19-36(28-26(30)15-22(17-34-28)27-32-8-9-33-27)12-13-37(25)24-6-10-35(11-7-24)18-20-4-5-23(29)14-21(20)16-31/h4-5,8-9,14-15,17,24-25H,2-3,6-7,10-13,18-19H2,1H3,(H,32,33)/t25-/m0/s1. The van der Waals surface area contributed by atoms with Gasteiger partial charge in [-0.15, -0.1) is 0 Å². The molecule has 2 fully saturated rings. The number of halogens is 2. The van der Waals surface area contributed by atoms with E-state index in [1.165, 1.54) is 0 Å². The number of nitrogens with one attached hydrogen (secondary N) is 1. The van der Waals surface area contributed by atoms with E-state index in [-0.39, 0.29) is 0 Å². The van der Waals surface area contributed by atoms with Gasteiger partial charge in [0.15, 0.2) is 0 Å². The SMILES string of the molecule is CCC[C@H]1CN(c2ncc(-c3ncc[nH]3)cc2Cl)CCN1C1CCN(Cc2ccc(Cl)cc2C#N)CC1. The molecule has 1 N–H and O–H groups in total. The Hall–Kier alpha value is -2.63. The number of likely N-dealkylation sites (tertiary alicyclic amines) is 1. The zero-order chi connectivity index (χ0) is 25.8. The zero-order valence-corrected chi connectivity index (χ0v) is 22.7. The molecule has 1 aromatic carbocycles. The summed E-state index contributed by atoms with van der Waals surface area (Å²) in [5.41, 5.74) is 2.64. The van der Waals surface area contributed by atoms with Crippen LogP contribution >= 0.6 is 23.2 Å². The van der Waals surface area contributed by atoms with Gasteiger partial charge in [-0.3, -0.25) is 9.80 Å². The van der Waals surface area contributed by atoms with E-state index >= 15 is 0 Å². The Morgan fingerprint density at radius 2 is 1.95 bits per heavy atom. The Morgan fingerprint density at radius 1 is 1.11 bits per heavy atom. The molecule has 2 aliphatic heterocycles. The number of nitriles is 1. The number of hydrogen-bond acceptors (Lipinski definition) is 6. The number of imidazole rings is 1. The normalized spacial score (nSPS) is 19.7. The van der Waals surface area contributed by atoms with Crippen LogP contribution in [0.15, 0.2) is 42.9 Å². The first kappa shape index (κ1) is 26.0. The molecule has 0 unspecified atom stereocenters. The van der Waals surface area contributed by atoms with Crippen LogP contribution in [0.1, 0.15) is 43.7 Å². The molecule has 2 aliphatic rings. The first-order valence-electron chi connectivity index (χ1n) is 13.1. The zero-order valence-electron chi connectivity index (χ0n) is 21.2. The summed E-state index contributed by atoms with van der Waals surface area (Å²) < 4.78 is 0. The summed E-state index contributed by atoms with van der Waals surface area (Å²) in [4.78, 5) is 19.7. The number of pyridine rings is 1. The molecule has 0 spiro atoms. The number of rotatable bonds is 7. The minimum absolute atomic E-state index is 0.486. The van der Waals surface area contributed by atoms with Crippen LogP contribution in [0.25, 0.3) is 11.4 Å². The van der Waals surface area contributed by atoms with Crippen molar-refractivity contribution < 1.29 is 0 Å². The summed E-state index contributed by atoms with van der Waals surface area (Å²) in [6.45, 7) is 8.03. The van der Waals surface area contributed by atoms with Crippen molar-refractivity contribution in [1.82, 2.24) is 24.8 Å². The molecular formula is C28H33Cl2N7. The molecule has 3 aromatic rings. The topological polar surface area (TPSA) is 75.1 Å². The van der Waals surface area contributed by atoms with Crippen molar-refractivity contribution in [2.24, 2.45) is 0 Å². The Bertz CT molecular complexity index is 1230. The minimum Gasteiger partial charge on any atom is -0.353 e. The van der Waals surface area contributed by atoms with E-state index in [0.29, 0.717) is 27.7 Å². The van der Waals surface area contributed by atoms with Crippen LogP contribution in [0.3, 0.4) is 0 Å². The third-order valence-corrected chi connectivity index (χ3v) is 8.17. The second kappa shape index (κ2) is 11.8. The van der Waals surface area contributed by atoms with E-state index in [4.69, 9.17) is 28.2 Å². The Kier molecular flexibility index (Phi) is 8.31. The summed E-state index contributed by atoms with van der Waals surface area (Å²) in [5.74, 6) is 1.64. The number of benzene rings is 1. The number of H-pyrrole nitrogens is 1.